The number of carbonyl (C=O) groups excluding carboxylic acids is 3. The lowest BCUT2D eigenvalue weighted by Gasteiger charge is -2.41. The first-order valence-corrected chi connectivity index (χ1v) is 14.1. The van der Waals surface area contributed by atoms with Gasteiger partial charge in [0.2, 0.25) is 0 Å². The Morgan fingerprint density at radius 2 is 1.71 bits per heavy atom. The molecular formula is C28H35Cl2F3N4O4. The number of Topliss-reactive ketones (excluding diaryl/α,β-unsaturated/α-hetero) is 1. The molecular weight excluding hydrogens is 584 g/mol. The first kappa shape index (κ1) is 32.8. The molecule has 0 saturated heterocycles. The summed E-state index contributed by atoms with van der Waals surface area (Å²) in [4.78, 5) is 44.3. The van der Waals surface area contributed by atoms with Gasteiger partial charge in [0.1, 0.15) is 0 Å². The summed E-state index contributed by atoms with van der Waals surface area (Å²) in [7, 11) is 0. The lowest BCUT2D eigenvalue weighted by atomic mass is 9.67. The molecule has 3 rings (SSSR count). The molecule has 0 aliphatic heterocycles. The maximum Gasteiger partial charge on any atom is 0.433 e. The van der Waals surface area contributed by atoms with Gasteiger partial charge in [0, 0.05) is 18.9 Å². The lowest BCUT2D eigenvalue weighted by Crippen LogP contribution is -2.42. The molecule has 1 saturated carbocycles. The fourth-order valence-corrected chi connectivity index (χ4v) is 6.02. The van der Waals surface area contributed by atoms with Gasteiger partial charge in [-0.1, -0.05) is 57.8 Å². The number of ketones is 1. The van der Waals surface area contributed by atoms with Gasteiger partial charge in [0.25, 0.3) is 5.91 Å². The highest BCUT2D eigenvalue weighted by Gasteiger charge is 2.47. The third-order valence-electron chi connectivity index (χ3n) is 7.12. The van der Waals surface area contributed by atoms with Gasteiger partial charge in [-0.3, -0.25) is 24.0 Å². The maximum atomic E-state index is 14.6. The van der Waals surface area contributed by atoms with Crippen molar-refractivity contribution in [1.29, 1.82) is 0 Å². The van der Waals surface area contributed by atoms with E-state index in [2.05, 4.69) is 10.1 Å². The SMILES string of the molecule is CCOC(=O)[C@@H]1CC[C@@H](n2ncc(C(=O)N(CC(=O)c3c(Cl)cncc3Cl)CC(C)(C)C)c2C(F)(F)F)CC1(C)C. The van der Waals surface area contributed by atoms with Crippen LogP contribution in [-0.4, -0.2) is 57.0 Å². The van der Waals surface area contributed by atoms with Crippen molar-refractivity contribution < 1.29 is 32.3 Å². The van der Waals surface area contributed by atoms with E-state index >= 15 is 0 Å². The van der Waals surface area contributed by atoms with Crippen LogP contribution in [0.2, 0.25) is 10.0 Å². The van der Waals surface area contributed by atoms with E-state index in [9.17, 15) is 27.6 Å². The number of amides is 1. The van der Waals surface area contributed by atoms with Crippen molar-refractivity contribution in [3.05, 3.63) is 45.5 Å². The summed E-state index contributed by atoms with van der Waals surface area (Å²) in [5.41, 5.74) is -3.15. The zero-order valence-corrected chi connectivity index (χ0v) is 25.5. The van der Waals surface area contributed by atoms with Crippen LogP contribution < -0.4 is 0 Å². The summed E-state index contributed by atoms with van der Waals surface area (Å²) in [5, 5.41) is 3.98. The molecule has 1 fully saturated rings. The minimum Gasteiger partial charge on any atom is -0.466 e. The van der Waals surface area contributed by atoms with Gasteiger partial charge in [0.15, 0.2) is 11.5 Å². The average Bonchev–Trinajstić information content (AvgIpc) is 3.27. The molecule has 2 aromatic rings. The number of halogens is 5. The van der Waals surface area contributed by atoms with E-state index in [-0.39, 0.29) is 47.6 Å². The number of nitrogens with zero attached hydrogens (tertiary/aromatic N) is 4. The van der Waals surface area contributed by atoms with Crippen LogP contribution in [0.5, 0.6) is 0 Å². The van der Waals surface area contributed by atoms with E-state index in [4.69, 9.17) is 27.9 Å². The Bertz CT molecular complexity index is 1280. The van der Waals surface area contributed by atoms with E-state index in [1.54, 1.807) is 27.7 Å². The molecule has 8 nitrogen and oxygen atoms in total. The number of hydrogen-bond acceptors (Lipinski definition) is 6. The van der Waals surface area contributed by atoms with Gasteiger partial charge in [-0.15, -0.1) is 0 Å². The van der Waals surface area contributed by atoms with Crippen LogP contribution in [0, 0.1) is 16.7 Å². The lowest BCUT2D eigenvalue weighted by molar-refractivity contribution is -0.156. The Kier molecular flexibility index (Phi) is 9.85. The minimum absolute atomic E-state index is 0.0297. The molecule has 1 aliphatic carbocycles. The van der Waals surface area contributed by atoms with Gasteiger partial charge in [-0.2, -0.15) is 18.3 Å². The van der Waals surface area contributed by atoms with Crippen LogP contribution in [-0.2, 0) is 15.7 Å². The quantitative estimate of drug-likeness (QED) is 0.236. The topological polar surface area (TPSA) is 94.4 Å². The number of hydrogen-bond donors (Lipinski definition) is 0. The van der Waals surface area contributed by atoms with Crippen LogP contribution >= 0.6 is 23.2 Å². The summed E-state index contributed by atoms with van der Waals surface area (Å²) >= 11 is 12.2. The van der Waals surface area contributed by atoms with Crippen LogP contribution in [0.4, 0.5) is 13.2 Å². The fourth-order valence-electron chi connectivity index (χ4n) is 5.44. The molecule has 2 heterocycles. The highest BCUT2D eigenvalue weighted by molar-refractivity contribution is 6.39. The molecule has 0 aromatic carbocycles. The number of esters is 1. The Morgan fingerprint density at radius 3 is 2.22 bits per heavy atom. The molecule has 0 spiro atoms. The molecule has 0 radical (unpaired) electrons. The number of alkyl halides is 3. The standard InChI is InChI=1S/C28H35Cl2F3N4O4/c1-7-41-25(40)18-9-8-16(10-27(18,5)6)37-23(28(31,32)33)17(11-35-37)24(39)36(15-26(2,3)4)14-21(38)22-19(29)12-34-13-20(22)30/h11-13,16,18H,7-10,14-15H2,1-6H3/t16-,18+/m1/s1. The monoisotopic (exact) mass is 618 g/mol. The Balaban J connectivity index is 1.99. The van der Waals surface area contributed by atoms with Gasteiger partial charge in [0.05, 0.1) is 52.5 Å². The van der Waals surface area contributed by atoms with Crippen molar-refractivity contribution in [3.8, 4) is 0 Å². The second-order valence-electron chi connectivity index (χ2n) is 12.2. The van der Waals surface area contributed by atoms with Crippen molar-refractivity contribution in [1.82, 2.24) is 19.7 Å². The van der Waals surface area contributed by atoms with Crippen molar-refractivity contribution in [3.63, 3.8) is 0 Å². The van der Waals surface area contributed by atoms with Gasteiger partial charge in [-0.05, 0) is 37.0 Å². The number of ether oxygens (including phenoxy) is 1. The molecule has 1 aliphatic rings. The zero-order chi connectivity index (χ0) is 30.9. The van der Waals surface area contributed by atoms with E-state index in [1.165, 1.54) is 12.4 Å². The third-order valence-corrected chi connectivity index (χ3v) is 7.70. The van der Waals surface area contributed by atoms with Crippen LogP contribution in [0.3, 0.4) is 0 Å². The van der Waals surface area contributed by atoms with Crippen molar-refractivity contribution in [2.75, 3.05) is 19.7 Å². The number of rotatable bonds is 8. The van der Waals surface area contributed by atoms with E-state index in [1.807, 2.05) is 13.8 Å². The van der Waals surface area contributed by atoms with E-state index in [0.29, 0.717) is 6.42 Å². The van der Waals surface area contributed by atoms with Crippen LogP contribution in [0.1, 0.15) is 93.3 Å². The zero-order valence-electron chi connectivity index (χ0n) is 23.9. The highest BCUT2D eigenvalue weighted by atomic mass is 35.5. The highest BCUT2D eigenvalue weighted by Crippen LogP contribution is 2.47. The largest absolute Gasteiger partial charge is 0.466 e. The Morgan fingerprint density at radius 1 is 1.10 bits per heavy atom. The van der Waals surface area contributed by atoms with Crippen LogP contribution in [0.25, 0.3) is 0 Å². The summed E-state index contributed by atoms with van der Waals surface area (Å²) in [5.74, 6) is -2.47. The number of aromatic nitrogens is 3. The molecule has 0 N–H and O–H groups in total. The molecule has 0 bridgehead atoms. The normalized spacial score (nSPS) is 19.1. The summed E-state index contributed by atoms with van der Waals surface area (Å²) in [6.07, 6.45) is -0.788. The first-order chi connectivity index (χ1) is 18.9. The van der Waals surface area contributed by atoms with Gasteiger partial charge in [-0.25, -0.2) is 0 Å². The number of carbonyl (C=O) groups is 3. The first-order valence-electron chi connectivity index (χ1n) is 13.3. The predicted molar refractivity (Wildman–Crippen MR) is 148 cm³/mol. The Hall–Kier alpha value is -2.66. The molecule has 1 amide bonds. The van der Waals surface area contributed by atoms with Gasteiger partial charge >= 0.3 is 12.1 Å². The molecule has 2 aromatic heterocycles. The third kappa shape index (κ3) is 7.60. The van der Waals surface area contributed by atoms with Crippen molar-refractivity contribution >= 4 is 40.9 Å². The summed E-state index contributed by atoms with van der Waals surface area (Å²) in [6.45, 7) is 10.3. The predicted octanol–water partition coefficient (Wildman–Crippen LogP) is 6.91. The average molecular weight is 620 g/mol. The van der Waals surface area contributed by atoms with Gasteiger partial charge < -0.3 is 9.64 Å². The van der Waals surface area contributed by atoms with Crippen LogP contribution in [0.15, 0.2) is 18.6 Å². The fraction of sp³-hybridized carbons (Fsp3) is 0.607. The molecule has 13 heteroatoms. The van der Waals surface area contributed by atoms with E-state index < -0.39 is 58.5 Å². The second kappa shape index (κ2) is 12.3. The van der Waals surface area contributed by atoms with Crippen molar-refractivity contribution in [2.24, 2.45) is 16.7 Å². The molecule has 0 unspecified atom stereocenters. The molecule has 226 valence electrons. The maximum absolute atomic E-state index is 14.6. The minimum atomic E-state index is -4.92. The van der Waals surface area contributed by atoms with E-state index in [0.717, 1.165) is 15.8 Å². The smallest absolute Gasteiger partial charge is 0.433 e. The number of pyridine rings is 1. The molecule has 41 heavy (non-hydrogen) atoms. The van der Waals surface area contributed by atoms with Crippen molar-refractivity contribution in [2.45, 2.75) is 73.0 Å². The summed E-state index contributed by atoms with van der Waals surface area (Å²) < 4.78 is 49.8. The summed E-state index contributed by atoms with van der Waals surface area (Å²) in [6, 6.07) is -0.707. The second-order valence-corrected chi connectivity index (χ2v) is 13.0. The Labute approximate surface area is 247 Å². The molecule has 2 atom stereocenters.